The van der Waals surface area contributed by atoms with Crippen molar-refractivity contribution in [2.75, 3.05) is 6.16 Å². The van der Waals surface area contributed by atoms with Gasteiger partial charge in [-0.15, -0.1) is 0 Å². The van der Waals surface area contributed by atoms with Gasteiger partial charge in [0.15, 0.2) is 5.78 Å². The molecule has 1 atom stereocenters. The number of hydrogen-bond donors (Lipinski definition) is 0. The Morgan fingerprint density at radius 3 is 1.88 bits per heavy atom. The summed E-state index contributed by atoms with van der Waals surface area (Å²) >= 11 is 0. The average molecular weight is 406 g/mol. The van der Waals surface area contributed by atoms with Gasteiger partial charge in [-0.25, -0.2) is 0 Å². The maximum atomic E-state index is 12.9. The van der Waals surface area contributed by atoms with E-state index in [-0.39, 0.29) is 4.90 Å². The Morgan fingerprint density at radius 2 is 1.50 bits per heavy atom. The van der Waals surface area contributed by atoms with Crippen molar-refractivity contribution >= 4 is 23.5 Å². The summed E-state index contributed by atoms with van der Waals surface area (Å²) in [5.74, 6) is -0.583. The summed E-state index contributed by atoms with van der Waals surface area (Å²) in [7, 11) is -7.94. The zero-order valence-corrected chi connectivity index (χ0v) is 17.7. The van der Waals surface area contributed by atoms with E-state index < -0.39 is 48.0 Å². The molecule has 0 saturated heterocycles. The van der Waals surface area contributed by atoms with E-state index in [1.54, 1.807) is 39.8 Å². The summed E-state index contributed by atoms with van der Waals surface area (Å²) in [4.78, 5) is 11.9. The highest BCUT2D eigenvalue weighted by Gasteiger charge is 2.36. The first kappa shape index (κ1) is 23.0. The molecular weight excluding hydrogens is 379 g/mol. The highest BCUT2D eigenvalue weighted by atomic mass is 32.2. The van der Waals surface area contributed by atoms with Crippen LogP contribution in [-0.2, 0) is 32.7 Å². The molecule has 1 rings (SSSR count). The highest BCUT2D eigenvalue weighted by molar-refractivity contribution is 7.86. The van der Waals surface area contributed by atoms with Crippen LogP contribution >= 0.6 is 7.60 Å². The van der Waals surface area contributed by atoms with Crippen molar-refractivity contribution < 1.29 is 31.0 Å². The van der Waals surface area contributed by atoms with Crippen molar-refractivity contribution in [1.29, 1.82) is 0 Å². The van der Waals surface area contributed by atoms with Crippen molar-refractivity contribution in [2.24, 2.45) is 0 Å². The smallest absolute Gasteiger partial charge is 0.306 e. The Hall–Kier alpha value is -1.05. The summed E-state index contributed by atoms with van der Waals surface area (Å²) in [5.41, 5.74) is 0.882. The fourth-order valence-corrected chi connectivity index (χ4v) is 5.53. The lowest BCUT2D eigenvalue weighted by molar-refractivity contribution is -0.122. The predicted octanol–water partition coefficient (Wildman–Crippen LogP) is 3.70. The van der Waals surface area contributed by atoms with Gasteiger partial charge in [0.1, 0.15) is 6.10 Å². The minimum Gasteiger partial charge on any atom is -0.306 e. The summed E-state index contributed by atoms with van der Waals surface area (Å²) in [6, 6.07) is 6.01. The van der Waals surface area contributed by atoms with Gasteiger partial charge in [-0.1, -0.05) is 17.7 Å². The Labute approximate surface area is 155 Å². The minimum absolute atomic E-state index is 0.0845. The second-order valence-corrected chi connectivity index (χ2v) is 10.1. The maximum absolute atomic E-state index is 12.9. The summed E-state index contributed by atoms with van der Waals surface area (Å²) in [5, 5.41) is 0. The molecule has 148 valence electrons. The molecule has 0 radical (unpaired) electrons. The Kier molecular flexibility index (Phi) is 8.17. The molecule has 1 aromatic rings. The molecule has 7 nitrogen and oxygen atoms in total. The number of aryl methyl sites for hydroxylation is 1. The third kappa shape index (κ3) is 7.29. The first-order valence-electron chi connectivity index (χ1n) is 8.31. The van der Waals surface area contributed by atoms with Crippen LogP contribution in [0.1, 0.15) is 40.2 Å². The standard InChI is InChI=1S/C17H27O7PS/c1-12(2)22-25(19,23-13(3)4)11-17(15(6)18)24-26(20,21)16-9-7-14(5)8-10-16/h7-10,12-13,17H,11H2,1-6H3. The van der Waals surface area contributed by atoms with Crippen LogP contribution in [0.4, 0.5) is 0 Å². The second-order valence-electron chi connectivity index (χ2n) is 6.56. The van der Waals surface area contributed by atoms with E-state index in [2.05, 4.69) is 0 Å². The maximum Gasteiger partial charge on any atom is 0.334 e. The van der Waals surface area contributed by atoms with E-state index in [1.165, 1.54) is 19.1 Å². The molecule has 0 aromatic heterocycles. The number of Topliss-reactive ketones (excluding diaryl/α,β-unsaturated/α-hetero) is 1. The quantitative estimate of drug-likeness (QED) is 0.432. The zero-order chi connectivity index (χ0) is 20.1. The molecule has 9 heteroatoms. The molecule has 0 amide bonds. The molecule has 0 heterocycles. The Balaban J connectivity index is 3.08. The van der Waals surface area contributed by atoms with Crippen molar-refractivity contribution in [3.05, 3.63) is 29.8 Å². The van der Waals surface area contributed by atoms with E-state index in [9.17, 15) is 17.8 Å². The lowest BCUT2D eigenvalue weighted by Gasteiger charge is -2.25. The van der Waals surface area contributed by atoms with Crippen molar-refractivity contribution in [2.45, 2.75) is 64.7 Å². The average Bonchev–Trinajstić information content (AvgIpc) is 2.44. The largest absolute Gasteiger partial charge is 0.334 e. The molecule has 0 fully saturated rings. The number of carbonyl (C=O) groups is 1. The Bertz CT molecular complexity index is 740. The lowest BCUT2D eigenvalue weighted by atomic mass is 10.2. The van der Waals surface area contributed by atoms with Crippen LogP contribution in [0.2, 0.25) is 0 Å². The molecule has 26 heavy (non-hydrogen) atoms. The number of ketones is 1. The SMILES string of the molecule is CC(=O)C(CP(=O)(OC(C)C)OC(C)C)OS(=O)(=O)c1ccc(C)cc1. The normalized spacial score (nSPS) is 14.0. The van der Waals surface area contributed by atoms with Crippen molar-refractivity contribution in [1.82, 2.24) is 0 Å². The number of hydrogen-bond acceptors (Lipinski definition) is 7. The van der Waals surface area contributed by atoms with Crippen LogP contribution in [0.3, 0.4) is 0 Å². The van der Waals surface area contributed by atoms with Crippen LogP contribution in [0, 0.1) is 6.92 Å². The molecule has 0 aliphatic rings. The van der Waals surface area contributed by atoms with Crippen LogP contribution in [0.15, 0.2) is 29.2 Å². The van der Waals surface area contributed by atoms with Crippen LogP contribution in [0.5, 0.6) is 0 Å². The Morgan fingerprint density at radius 1 is 1.04 bits per heavy atom. The van der Waals surface area contributed by atoms with Gasteiger partial charge in [0.05, 0.1) is 23.3 Å². The minimum atomic E-state index is -4.20. The number of carbonyl (C=O) groups excluding carboxylic acids is 1. The van der Waals surface area contributed by atoms with Gasteiger partial charge in [-0.3, -0.25) is 13.5 Å². The molecule has 0 saturated carbocycles. The number of benzene rings is 1. The van der Waals surface area contributed by atoms with Gasteiger partial charge in [0, 0.05) is 0 Å². The molecule has 0 aliphatic heterocycles. The van der Waals surface area contributed by atoms with Crippen LogP contribution < -0.4 is 0 Å². The van der Waals surface area contributed by atoms with E-state index in [0.717, 1.165) is 5.56 Å². The van der Waals surface area contributed by atoms with E-state index in [1.807, 2.05) is 6.92 Å². The molecule has 1 unspecified atom stereocenters. The first-order chi connectivity index (χ1) is 11.8. The van der Waals surface area contributed by atoms with E-state index in [4.69, 9.17) is 13.2 Å². The molecule has 1 aromatic carbocycles. The summed E-state index contributed by atoms with van der Waals surface area (Å²) in [6.45, 7) is 9.67. The third-order valence-electron chi connectivity index (χ3n) is 3.14. The van der Waals surface area contributed by atoms with Crippen LogP contribution in [-0.4, -0.2) is 38.7 Å². The summed E-state index contributed by atoms with van der Waals surface area (Å²) < 4.78 is 53.6. The summed E-state index contributed by atoms with van der Waals surface area (Å²) in [6.07, 6.45) is -2.81. The van der Waals surface area contributed by atoms with Crippen LogP contribution in [0.25, 0.3) is 0 Å². The fraction of sp³-hybridized carbons (Fsp3) is 0.588. The van der Waals surface area contributed by atoms with Gasteiger partial charge >= 0.3 is 7.60 Å². The van der Waals surface area contributed by atoms with Gasteiger partial charge in [0.2, 0.25) is 0 Å². The molecule has 0 N–H and O–H groups in total. The third-order valence-corrected chi connectivity index (χ3v) is 6.74. The van der Waals surface area contributed by atoms with Gasteiger partial charge in [0.25, 0.3) is 10.1 Å². The first-order valence-corrected chi connectivity index (χ1v) is 11.4. The topological polar surface area (TPSA) is 96.0 Å². The van der Waals surface area contributed by atoms with Gasteiger partial charge in [-0.05, 0) is 53.7 Å². The van der Waals surface area contributed by atoms with Gasteiger partial charge in [-0.2, -0.15) is 8.42 Å². The molecule has 0 spiro atoms. The van der Waals surface area contributed by atoms with Crippen molar-refractivity contribution in [3.8, 4) is 0 Å². The highest BCUT2D eigenvalue weighted by Crippen LogP contribution is 2.51. The number of rotatable bonds is 10. The predicted molar refractivity (Wildman–Crippen MR) is 98.8 cm³/mol. The van der Waals surface area contributed by atoms with Crippen molar-refractivity contribution in [3.63, 3.8) is 0 Å². The second kappa shape index (κ2) is 9.24. The zero-order valence-electron chi connectivity index (χ0n) is 16.0. The van der Waals surface area contributed by atoms with E-state index in [0.29, 0.717) is 0 Å². The molecular formula is C17H27O7PS. The van der Waals surface area contributed by atoms with Gasteiger partial charge < -0.3 is 9.05 Å². The fourth-order valence-electron chi connectivity index (χ4n) is 2.10. The lowest BCUT2D eigenvalue weighted by Crippen LogP contribution is -2.30. The van der Waals surface area contributed by atoms with E-state index >= 15 is 0 Å². The molecule has 0 aliphatic carbocycles. The molecule has 0 bridgehead atoms. The monoisotopic (exact) mass is 406 g/mol.